The van der Waals surface area contributed by atoms with Crippen molar-refractivity contribution < 1.29 is 17.5 Å². The van der Waals surface area contributed by atoms with Crippen LogP contribution in [-0.2, 0) is 20.9 Å². The minimum Gasteiger partial charge on any atom is -0.344 e. The molecule has 0 bridgehead atoms. The molecular weight excluding hydrogens is 886 g/mol. The summed E-state index contributed by atoms with van der Waals surface area (Å²) in [5, 5.41) is 5.07. The number of rotatable bonds is 14. The van der Waals surface area contributed by atoms with Crippen LogP contribution < -0.4 is 9.80 Å². The lowest BCUT2D eigenvalue weighted by Crippen LogP contribution is -2.28. The Morgan fingerprint density at radius 2 is 1.49 bits per heavy atom. The Kier molecular flexibility index (Phi) is 12.3. The van der Waals surface area contributed by atoms with Crippen molar-refractivity contribution in [1.82, 2.24) is 0 Å². The van der Waals surface area contributed by atoms with Crippen LogP contribution in [0.15, 0.2) is 144 Å². The molecule has 61 heavy (non-hydrogen) atoms. The highest BCUT2D eigenvalue weighted by molar-refractivity contribution is 14.1. The third-order valence-corrected chi connectivity index (χ3v) is 14.7. The summed E-state index contributed by atoms with van der Waals surface area (Å²) in [6.07, 6.45) is 15.9. The molecule has 2 heterocycles. The molecule has 0 atom stereocenters. The molecule has 6 nitrogen and oxygen atoms in total. The van der Waals surface area contributed by atoms with Crippen LogP contribution in [0.4, 0.5) is 17.1 Å². The first-order valence-electron chi connectivity index (χ1n) is 21.9. The topological polar surface area (TPSA) is 63.9 Å². The molecule has 2 aliphatic heterocycles. The number of unbranched alkanes of at least 4 members (excludes halogenated alkanes) is 3. The minimum atomic E-state index is -4.02. The predicted molar refractivity (Wildman–Crippen MR) is 265 cm³/mol. The summed E-state index contributed by atoms with van der Waals surface area (Å²) >= 11 is 2.41. The predicted octanol–water partition coefficient (Wildman–Crippen LogP) is 13.2. The summed E-state index contributed by atoms with van der Waals surface area (Å²) in [6.45, 7) is 13.3. The molecule has 1 aliphatic carbocycles. The van der Waals surface area contributed by atoms with Gasteiger partial charge >= 0.3 is 0 Å². The SMILES string of the molecule is CCCCC[N+]1=C(/C=C/C2=C(N(C)c3cccc(I)c3)C(=C/C=C3/N(CCCCS(=O)(=O)O)c4ccc5ccccc5c4C3(C)C)/CC2)C(C)(C)c2c1ccc1ccccc21. The van der Waals surface area contributed by atoms with Crippen LogP contribution in [0, 0.1) is 3.57 Å². The Morgan fingerprint density at radius 3 is 2.20 bits per heavy atom. The maximum absolute atomic E-state index is 11.6. The quantitative estimate of drug-likeness (QED) is 0.0520. The summed E-state index contributed by atoms with van der Waals surface area (Å²) < 4.78 is 36.6. The third kappa shape index (κ3) is 8.40. The Hall–Kier alpha value is -4.51. The van der Waals surface area contributed by atoms with Crippen molar-refractivity contribution in [2.24, 2.45) is 0 Å². The smallest absolute Gasteiger partial charge is 0.264 e. The van der Waals surface area contributed by atoms with Gasteiger partial charge in [0.05, 0.1) is 11.2 Å². The zero-order chi connectivity index (χ0) is 43.1. The van der Waals surface area contributed by atoms with Gasteiger partial charge in [0.2, 0.25) is 5.69 Å². The molecule has 0 fully saturated rings. The van der Waals surface area contributed by atoms with Crippen LogP contribution in [0.2, 0.25) is 0 Å². The summed E-state index contributed by atoms with van der Waals surface area (Å²) in [5.41, 5.74) is 12.3. The van der Waals surface area contributed by atoms with Crippen molar-refractivity contribution in [3.63, 3.8) is 0 Å². The Bertz CT molecular complexity index is 2790. The molecule has 0 saturated heterocycles. The largest absolute Gasteiger partial charge is 0.344 e. The van der Waals surface area contributed by atoms with E-state index < -0.39 is 10.1 Å². The second-order valence-electron chi connectivity index (χ2n) is 18.0. The van der Waals surface area contributed by atoms with Gasteiger partial charge in [-0.3, -0.25) is 4.55 Å². The number of halogens is 1. The first-order chi connectivity index (χ1) is 29.2. The van der Waals surface area contributed by atoms with Crippen LogP contribution in [0.3, 0.4) is 0 Å². The van der Waals surface area contributed by atoms with Crippen molar-refractivity contribution in [3.8, 4) is 0 Å². The van der Waals surface area contributed by atoms with Crippen molar-refractivity contribution in [2.45, 2.75) is 90.4 Å². The summed E-state index contributed by atoms with van der Waals surface area (Å²) in [6, 6.07) is 35.2. The molecule has 0 aromatic heterocycles. The number of hydrogen-bond donors (Lipinski definition) is 1. The van der Waals surface area contributed by atoms with Gasteiger partial charge in [0.1, 0.15) is 6.54 Å². The lowest BCUT2D eigenvalue weighted by molar-refractivity contribution is -0.438. The van der Waals surface area contributed by atoms with Gasteiger partial charge in [0.15, 0.2) is 5.71 Å². The number of anilines is 2. The van der Waals surface area contributed by atoms with E-state index >= 15 is 0 Å². The van der Waals surface area contributed by atoms with E-state index in [-0.39, 0.29) is 16.6 Å². The number of likely N-dealkylation sites (N-methyl/N-ethyl adjacent to an activating group) is 1. The van der Waals surface area contributed by atoms with E-state index in [9.17, 15) is 13.0 Å². The number of hydrogen-bond acceptors (Lipinski definition) is 4. The molecule has 0 unspecified atom stereocenters. The Morgan fingerprint density at radius 1 is 0.787 bits per heavy atom. The van der Waals surface area contributed by atoms with Gasteiger partial charge in [0, 0.05) is 69.5 Å². The average molecular weight is 945 g/mol. The van der Waals surface area contributed by atoms with Gasteiger partial charge in [0.25, 0.3) is 10.1 Å². The minimum absolute atomic E-state index is 0.180. The molecule has 316 valence electrons. The van der Waals surface area contributed by atoms with Gasteiger partial charge in [-0.2, -0.15) is 13.0 Å². The van der Waals surface area contributed by atoms with Gasteiger partial charge < -0.3 is 9.80 Å². The Labute approximate surface area is 377 Å². The molecule has 0 saturated carbocycles. The van der Waals surface area contributed by atoms with E-state index in [1.165, 1.54) is 83.0 Å². The third-order valence-electron chi connectivity index (χ3n) is 13.2. The van der Waals surface area contributed by atoms with Gasteiger partial charge in [-0.25, -0.2) is 0 Å². The highest BCUT2D eigenvalue weighted by Gasteiger charge is 2.46. The molecule has 5 aromatic rings. The van der Waals surface area contributed by atoms with Gasteiger partial charge in [-0.15, -0.1) is 0 Å². The van der Waals surface area contributed by atoms with E-state index in [0.29, 0.717) is 19.4 Å². The van der Waals surface area contributed by atoms with Crippen LogP contribution >= 0.6 is 22.6 Å². The monoisotopic (exact) mass is 944 g/mol. The molecule has 5 aromatic carbocycles. The average Bonchev–Trinajstić information content (AvgIpc) is 3.81. The lowest BCUT2D eigenvalue weighted by atomic mass is 9.79. The number of benzene rings is 5. The van der Waals surface area contributed by atoms with Crippen molar-refractivity contribution in [2.75, 3.05) is 35.7 Å². The maximum atomic E-state index is 11.6. The maximum Gasteiger partial charge on any atom is 0.264 e. The molecule has 0 radical (unpaired) electrons. The zero-order valence-electron chi connectivity index (χ0n) is 36.5. The number of nitrogens with zero attached hydrogens (tertiary/aromatic N) is 3. The molecular formula is C53H59IN3O3S+. The molecule has 1 N–H and O–H groups in total. The molecule has 8 rings (SSSR count). The van der Waals surface area contributed by atoms with Crippen LogP contribution in [0.5, 0.6) is 0 Å². The standard InChI is InChI=1S/C53H58IN3O3S/c1-7-8-13-33-56-45-29-25-37-17-9-11-21-43(37)49(45)52(2,3)47(56)31-27-39-23-24-40(51(39)55(6)42-20-16-19-41(54)36-42)28-32-48-53(4,5)50-44-22-12-10-18-38(44)26-30-46(50)57(48)34-14-15-35-61(58,59)60/h9-12,16-22,25-32,36H,7-8,13-15,23-24,33-35H2,1-6H3/p+1. The number of allylic oxidation sites excluding steroid dienone is 7. The summed E-state index contributed by atoms with van der Waals surface area (Å²) in [7, 11) is -1.82. The van der Waals surface area contributed by atoms with Crippen molar-refractivity contribution in [3.05, 3.63) is 159 Å². The fourth-order valence-corrected chi connectivity index (χ4v) is 11.4. The fraction of sp³-hybridized carbons (Fsp3) is 0.340. The van der Waals surface area contributed by atoms with E-state index in [1.54, 1.807) is 0 Å². The second-order valence-corrected chi connectivity index (χ2v) is 20.8. The summed E-state index contributed by atoms with van der Waals surface area (Å²) in [4.78, 5) is 4.76. The van der Waals surface area contributed by atoms with Gasteiger partial charge in [-0.1, -0.05) is 100 Å². The molecule has 0 spiro atoms. The van der Waals surface area contributed by atoms with E-state index in [1.807, 2.05) is 0 Å². The van der Waals surface area contributed by atoms with E-state index in [4.69, 9.17) is 0 Å². The first kappa shape index (κ1) is 43.2. The highest BCUT2D eigenvalue weighted by Crippen LogP contribution is 2.51. The lowest BCUT2D eigenvalue weighted by Gasteiger charge is -2.27. The Balaban J connectivity index is 1.23. The normalized spacial score (nSPS) is 18.5. The molecule has 3 aliphatic rings. The molecule has 0 amide bonds. The van der Waals surface area contributed by atoms with Crippen LogP contribution in [0.1, 0.15) is 90.7 Å². The fourth-order valence-electron chi connectivity index (χ4n) is 10.3. The van der Waals surface area contributed by atoms with E-state index in [0.717, 1.165) is 37.2 Å². The van der Waals surface area contributed by atoms with Crippen LogP contribution in [0.25, 0.3) is 21.5 Å². The van der Waals surface area contributed by atoms with Crippen molar-refractivity contribution in [1.29, 1.82) is 0 Å². The first-order valence-corrected chi connectivity index (χ1v) is 24.6. The molecule has 8 heteroatoms. The summed E-state index contributed by atoms with van der Waals surface area (Å²) in [5.74, 6) is -0.234. The zero-order valence-corrected chi connectivity index (χ0v) is 39.5. The second kappa shape index (κ2) is 17.3. The number of fused-ring (bicyclic) bond motifs is 6. The van der Waals surface area contributed by atoms with Gasteiger partial charge in [-0.05, 0) is 143 Å². The van der Waals surface area contributed by atoms with E-state index in [2.05, 4.69) is 200 Å². The highest BCUT2D eigenvalue weighted by atomic mass is 127. The van der Waals surface area contributed by atoms with Crippen molar-refractivity contribution >= 4 is 77.0 Å². The van der Waals surface area contributed by atoms with Crippen LogP contribution in [-0.4, -0.2) is 49.1 Å².